The zero-order valence-electron chi connectivity index (χ0n) is 12.8. The Kier molecular flexibility index (Phi) is 3.22. The predicted octanol–water partition coefficient (Wildman–Crippen LogP) is 1.69. The van der Waals surface area contributed by atoms with Crippen LogP contribution in [0, 0.1) is 6.92 Å². The maximum absolute atomic E-state index is 12.4. The van der Waals surface area contributed by atoms with Crippen LogP contribution >= 0.6 is 0 Å². The first-order chi connectivity index (χ1) is 11.2. The van der Waals surface area contributed by atoms with E-state index in [1.807, 2.05) is 18.3 Å². The Hall–Kier alpha value is -2.89. The van der Waals surface area contributed by atoms with E-state index in [-0.39, 0.29) is 11.9 Å². The largest absolute Gasteiger partial charge is 0.373 e. The Bertz CT molecular complexity index is 886. The number of fused-ring (bicyclic) bond motifs is 2. The average molecular weight is 307 g/mol. The second-order valence-corrected chi connectivity index (χ2v) is 5.84. The molecule has 116 valence electrons. The molecular formula is C17H17N5O. The minimum Gasteiger partial charge on any atom is -0.373 e. The molecule has 0 radical (unpaired) electrons. The van der Waals surface area contributed by atoms with Gasteiger partial charge in [0, 0.05) is 36.6 Å². The Morgan fingerprint density at radius 2 is 2.39 bits per heavy atom. The van der Waals surface area contributed by atoms with E-state index in [4.69, 9.17) is 0 Å². The molecule has 1 amide bonds. The summed E-state index contributed by atoms with van der Waals surface area (Å²) in [5, 5.41) is 10.5. The molecule has 1 aliphatic heterocycles. The lowest BCUT2D eigenvalue weighted by Gasteiger charge is -2.11. The van der Waals surface area contributed by atoms with Crippen LogP contribution in [0.3, 0.4) is 0 Å². The van der Waals surface area contributed by atoms with Crippen LogP contribution in [0.1, 0.15) is 16.7 Å². The van der Waals surface area contributed by atoms with Crippen LogP contribution in [-0.2, 0) is 17.8 Å². The summed E-state index contributed by atoms with van der Waals surface area (Å²) in [7, 11) is 0. The van der Waals surface area contributed by atoms with Crippen LogP contribution < -0.4 is 10.6 Å². The first kappa shape index (κ1) is 13.8. The van der Waals surface area contributed by atoms with Crippen molar-refractivity contribution in [1.29, 1.82) is 0 Å². The monoisotopic (exact) mass is 307 g/mol. The number of benzene rings is 1. The Balaban J connectivity index is 1.43. The summed E-state index contributed by atoms with van der Waals surface area (Å²) < 4.78 is 1.70. The average Bonchev–Trinajstić information content (AvgIpc) is 3.16. The zero-order chi connectivity index (χ0) is 15.8. The SMILES string of the molecule is Cc1ccc2c(c1)CC(C(=O)NCc1cnn3cccnc13)N2. The van der Waals surface area contributed by atoms with Gasteiger partial charge in [-0.2, -0.15) is 5.10 Å². The molecule has 2 aromatic heterocycles. The smallest absolute Gasteiger partial charge is 0.243 e. The fourth-order valence-corrected chi connectivity index (χ4v) is 2.96. The van der Waals surface area contributed by atoms with Gasteiger partial charge in [-0.3, -0.25) is 4.79 Å². The third kappa shape index (κ3) is 2.52. The lowest BCUT2D eigenvalue weighted by molar-refractivity contribution is -0.121. The van der Waals surface area contributed by atoms with Gasteiger partial charge >= 0.3 is 0 Å². The van der Waals surface area contributed by atoms with Crippen molar-refractivity contribution in [3.8, 4) is 0 Å². The molecule has 3 aromatic rings. The minimum atomic E-state index is -0.221. The summed E-state index contributed by atoms with van der Waals surface area (Å²) in [6.07, 6.45) is 6.02. The first-order valence-corrected chi connectivity index (χ1v) is 7.62. The molecular weight excluding hydrogens is 290 g/mol. The third-order valence-electron chi connectivity index (χ3n) is 4.14. The normalized spacial score (nSPS) is 16.1. The molecule has 6 nitrogen and oxygen atoms in total. The van der Waals surface area contributed by atoms with E-state index in [1.165, 1.54) is 11.1 Å². The lowest BCUT2D eigenvalue weighted by atomic mass is 10.1. The number of aryl methyl sites for hydroxylation is 1. The van der Waals surface area contributed by atoms with Gasteiger partial charge in [0.1, 0.15) is 6.04 Å². The number of carbonyl (C=O) groups is 1. The van der Waals surface area contributed by atoms with Crippen molar-refractivity contribution in [3.63, 3.8) is 0 Å². The van der Waals surface area contributed by atoms with Crippen molar-refractivity contribution in [1.82, 2.24) is 19.9 Å². The van der Waals surface area contributed by atoms with E-state index in [1.54, 1.807) is 16.9 Å². The van der Waals surface area contributed by atoms with Crippen molar-refractivity contribution in [2.45, 2.75) is 25.9 Å². The molecule has 0 spiro atoms. The topological polar surface area (TPSA) is 71.3 Å². The highest BCUT2D eigenvalue weighted by Crippen LogP contribution is 2.26. The summed E-state index contributed by atoms with van der Waals surface area (Å²) in [6.45, 7) is 2.48. The van der Waals surface area contributed by atoms with Crippen molar-refractivity contribution >= 4 is 17.2 Å². The van der Waals surface area contributed by atoms with Crippen LogP contribution in [0.15, 0.2) is 42.9 Å². The number of nitrogens with one attached hydrogen (secondary N) is 2. The van der Waals surface area contributed by atoms with Crippen LogP contribution in [0.5, 0.6) is 0 Å². The molecule has 4 rings (SSSR count). The molecule has 3 heterocycles. The standard InChI is InChI=1S/C17H17N5O/c1-11-3-4-14-12(7-11)8-15(21-14)17(23)19-9-13-10-20-22-6-2-5-18-16(13)22/h2-7,10,15,21H,8-9H2,1H3,(H,19,23). The van der Waals surface area contributed by atoms with Crippen molar-refractivity contribution in [2.75, 3.05) is 5.32 Å². The summed E-state index contributed by atoms with van der Waals surface area (Å²) in [5.74, 6) is -0.00543. The summed E-state index contributed by atoms with van der Waals surface area (Å²) in [5.41, 5.74) is 5.14. The number of carbonyl (C=O) groups excluding carboxylic acids is 1. The molecule has 2 N–H and O–H groups in total. The molecule has 1 aliphatic rings. The van der Waals surface area contributed by atoms with Crippen molar-refractivity contribution < 1.29 is 4.79 Å². The van der Waals surface area contributed by atoms with Gasteiger partial charge in [-0.05, 0) is 24.6 Å². The molecule has 1 aromatic carbocycles. The second kappa shape index (κ2) is 5.39. The van der Waals surface area contributed by atoms with E-state index in [0.29, 0.717) is 6.54 Å². The highest BCUT2D eigenvalue weighted by molar-refractivity contribution is 5.87. The number of amides is 1. The fourth-order valence-electron chi connectivity index (χ4n) is 2.96. The summed E-state index contributed by atoms with van der Waals surface area (Å²) >= 11 is 0. The van der Waals surface area contributed by atoms with Gasteiger partial charge in [-0.25, -0.2) is 9.50 Å². The number of aromatic nitrogens is 3. The van der Waals surface area contributed by atoms with Crippen molar-refractivity contribution in [2.24, 2.45) is 0 Å². The quantitative estimate of drug-likeness (QED) is 0.772. The van der Waals surface area contributed by atoms with Gasteiger partial charge in [0.25, 0.3) is 0 Å². The van der Waals surface area contributed by atoms with E-state index in [0.717, 1.165) is 23.3 Å². The third-order valence-corrected chi connectivity index (χ3v) is 4.14. The van der Waals surface area contributed by atoms with Gasteiger partial charge < -0.3 is 10.6 Å². The van der Waals surface area contributed by atoms with Crippen molar-refractivity contribution in [3.05, 3.63) is 59.5 Å². The Morgan fingerprint density at radius 3 is 3.30 bits per heavy atom. The molecule has 6 heteroatoms. The molecule has 1 unspecified atom stereocenters. The van der Waals surface area contributed by atoms with E-state index >= 15 is 0 Å². The fraction of sp³-hybridized carbons (Fsp3) is 0.235. The van der Waals surface area contributed by atoms with Gasteiger partial charge in [0.15, 0.2) is 5.65 Å². The predicted molar refractivity (Wildman–Crippen MR) is 87.1 cm³/mol. The number of hydrogen-bond donors (Lipinski definition) is 2. The minimum absolute atomic E-state index is 0.00543. The molecule has 0 saturated heterocycles. The van der Waals surface area contributed by atoms with Crippen LogP contribution in [0.25, 0.3) is 5.65 Å². The van der Waals surface area contributed by atoms with Crippen LogP contribution in [0.4, 0.5) is 5.69 Å². The molecule has 1 atom stereocenters. The molecule has 0 saturated carbocycles. The number of nitrogens with zero attached hydrogens (tertiary/aromatic N) is 3. The number of hydrogen-bond acceptors (Lipinski definition) is 4. The molecule has 0 aliphatic carbocycles. The number of rotatable bonds is 3. The highest BCUT2D eigenvalue weighted by Gasteiger charge is 2.26. The summed E-state index contributed by atoms with van der Waals surface area (Å²) in [6, 6.07) is 7.82. The van der Waals surface area contributed by atoms with Gasteiger partial charge in [0.2, 0.25) is 5.91 Å². The first-order valence-electron chi connectivity index (χ1n) is 7.62. The zero-order valence-corrected chi connectivity index (χ0v) is 12.8. The Labute approximate surface area is 133 Å². The lowest BCUT2D eigenvalue weighted by Crippen LogP contribution is -2.38. The van der Waals surface area contributed by atoms with E-state index < -0.39 is 0 Å². The van der Waals surface area contributed by atoms with Crippen LogP contribution in [0.2, 0.25) is 0 Å². The van der Waals surface area contributed by atoms with E-state index in [9.17, 15) is 4.79 Å². The maximum Gasteiger partial charge on any atom is 0.243 e. The maximum atomic E-state index is 12.4. The van der Waals surface area contributed by atoms with Gasteiger partial charge in [-0.1, -0.05) is 17.7 Å². The van der Waals surface area contributed by atoms with Crippen LogP contribution in [-0.4, -0.2) is 26.5 Å². The molecule has 0 bridgehead atoms. The second-order valence-electron chi connectivity index (χ2n) is 5.84. The Morgan fingerprint density at radius 1 is 1.48 bits per heavy atom. The molecule has 0 fully saturated rings. The van der Waals surface area contributed by atoms with Gasteiger partial charge in [0.05, 0.1) is 6.20 Å². The summed E-state index contributed by atoms with van der Waals surface area (Å²) in [4.78, 5) is 16.7. The number of anilines is 1. The highest BCUT2D eigenvalue weighted by atomic mass is 16.2. The molecule has 23 heavy (non-hydrogen) atoms. The van der Waals surface area contributed by atoms with Gasteiger partial charge in [-0.15, -0.1) is 0 Å². The van der Waals surface area contributed by atoms with E-state index in [2.05, 4.69) is 39.8 Å².